The smallest absolute Gasteiger partial charge is 0.391 e. The zero-order valence-electron chi connectivity index (χ0n) is 24.0. The third kappa shape index (κ3) is 9.39. The van der Waals surface area contributed by atoms with Crippen LogP contribution in [-0.4, -0.2) is 75.6 Å². The van der Waals surface area contributed by atoms with Gasteiger partial charge in [-0.1, -0.05) is 48.5 Å². The van der Waals surface area contributed by atoms with Gasteiger partial charge in [-0.25, -0.2) is 4.39 Å². The number of halogens is 4. The Morgan fingerprint density at radius 3 is 2.19 bits per heavy atom. The summed E-state index contributed by atoms with van der Waals surface area (Å²) >= 11 is 0. The van der Waals surface area contributed by atoms with Gasteiger partial charge in [0.1, 0.15) is 11.9 Å². The number of hydrogen-bond acceptors (Lipinski definition) is 4. The van der Waals surface area contributed by atoms with Gasteiger partial charge in [-0.05, 0) is 75.5 Å². The minimum atomic E-state index is -4.48. The number of nitrogens with zero attached hydrogens (tertiary/aromatic N) is 4. The Hall–Kier alpha value is -3.24. The second kappa shape index (κ2) is 14.8. The van der Waals surface area contributed by atoms with Crippen molar-refractivity contribution in [3.63, 3.8) is 0 Å². The second-order valence-corrected chi connectivity index (χ2v) is 11.2. The van der Waals surface area contributed by atoms with Crippen LogP contribution in [-0.2, 0) is 17.8 Å². The molecule has 1 N–H and O–H groups in total. The molecule has 2 aromatic carbocycles. The molecule has 10 heteroatoms. The molecule has 2 aliphatic heterocycles. The van der Waals surface area contributed by atoms with Crippen molar-refractivity contribution >= 4 is 5.97 Å². The average molecular weight is 589 g/mol. The lowest BCUT2D eigenvalue weighted by Crippen LogP contribution is -2.43. The molecule has 2 saturated heterocycles. The van der Waals surface area contributed by atoms with Gasteiger partial charge in [0.05, 0.1) is 12.1 Å². The Balaban J connectivity index is 0.000000507. The van der Waals surface area contributed by atoms with Crippen molar-refractivity contribution in [1.82, 2.24) is 19.6 Å². The number of aliphatic carboxylic acids is 1. The number of benzene rings is 2. The van der Waals surface area contributed by atoms with E-state index in [1.807, 2.05) is 18.2 Å². The molecule has 5 rings (SSSR count). The van der Waals surface area contributed by atoms with E-state index in [0.717, 1.165) is 57.6 Å². The predicted octanol–water partition coefficient (Wildman–Crippen LogP) is 6.23. The highest BCUT2D eigenvalue weighted by atomic mass is 19.4. The summed E-state index contributed by atoms with van der Waals surface area (Å²) in [7, 11) is 0. The Morgan fingerprint density at radius 2 is 1.64 bits per heavy atom. The van der Waals surface area contributed by atoms with Crippen LogP contribution in [0.25, 0.3) is 0 Å². The van der Waals surface area contributed by atoms with E-state index in [1.165, 1.54) is 28.3 Å². The van der Waals surface area contributed by atoms with Gasteiger partial charge in [0.15, 0.2) is 0 Å². The lowest BCUT2D eigenvalue weighted by atomic mass is 9.92. The van der Waals surface area contributed by atoms with E-state index in [-0.39, 0.29) is 11.7 Å². The first-order valence-corrected chi connectivity index (χ1v) is 14.7. The third-order valence-electron chi connectivity index (χ3n) is 8.11. The number of carboxylic acid groups (broad SMARTS) is 1. The van der Waals surface area contributed by atoms with E-state index in [4.69, 9.17) is 5.10 Å². The zero-order valence-corrected chi connectivity index (χ0v) is 24.0. The molecule has 3 aromatic rings. The molecule has 228 valence electrons. The Labute approximate surface area is 244 Å². The van der Waals surface area contributed by atoms with Gasteiger partial charge in [-0.15, -0.1) is 0 Å². The summed E-state index contributed by atoms with van der Waals surface area (Å²) in [5.74, 6) is -0.905. The van der Waals surface area contributed by atoms with Gasteiger partial charge in [0.25, 0.3) is 0 Å². The van der Waals surface area contributed by atoms with E-state index < -0.39 is 24.6 Å². The van der Waals surface area contributed by atoms with Crippen molar-refractivity contribution < 1.29 is 27.5 Å². The average Bonchev–Trinajstić information content (AvgIpc) is 3.60. The first-order chi connectivity index (χ1) is 20.1. The van der Waals surface area contributed by atoms with Crippen molar-refractivity contribution in [3.8, 4) is 0 Å². The van der Waals surface area contributed by atoms with E-state index >= 15 is 0 Å². The highest BCUT2D eigenvalue weighted by Gasteiger charge is 2.41. The predicted molar refractivity (Wildman–Crippen MR) is 154 cm³/mol. The molecule has 2 unspecified atom stereocenters. The number of carbonyl (C=O) groups is 1. The fraction of sp³-hybridized carbons (Fsp3) is 0.500. The lowest BCUT2D eigenvalue weighted by molar-refractivity contribution is -0.165. The van der Waals surface area contributed by atoms with Crippen LogP contribution >= 0.6 is 0 Å². The van der Waals surface area contributed by atoms with Crippen LogP contribution in [0.15, 0.2) is 66.7 Å². The number of aromatic nitrogens is 2. The topological polar surface area (TPSA) is 61.6 Å². The van der Waals surface area contributed by atoms with Crippen LogP contribution in [0.2, 0.25) is 0 Å². The number of likely N-dealkylation sites (tertiary alicyclic amines) is 2. The summed E-state index contributed by atoms with van der Waals surface area (Å²) in [5.41, 5.74) is 3.63. The van der Waals surface area contributed by atoms with Gasteiger partial charge >= 0.3 is 12.1 Å². The molecule has 2 aliphatic rings. The van der Waals surface area contributed by atoms with E-state index in [1.54, 1.807) is 18.2 Å². The van der Waals surface area contributed by atoms with Crippen LogP contribution in [0.4, 0.5) is 17.6 Å². The molecule has 42 heavy (non-hydrogen) atoms. The first-order valence-electron chi connectivity index (χ1n) is 14.7. The second-order valence-electron chi connectivity index (χ2n) is 11.2. The molecule has 0 aliphatic carbocycles. The van der Waals surface area contributed by atoms with Crippen molar-refractivity contribution in [2.24, 2.45) is 5.92 Å². The number of alkyl halides is 3. The minimum Gasteiger partial charge on any atom is -0.480 e. The SMILES string of the molecule is CCn1nc(Cc2ccccc2)cc1C1CCN(CC2CCN(C(CC(F)(F)F)C(=O)O)C2)CC1.Fc1ccccc1. The Kier molecular flexibility index (Phi) is 11.2. The summed E-state index contributed by atoms with van der Waals surface area (Å²) in [5, 5.41) is 14.1. The first kappa shape index (κ1) is 31.7. The van der Waals surface area contributed by atoms with Gasteiger partial charge in [-0.3, -0.25) is 14.4 Å². The molecule has 2 atom stereocenters. The highest BCUT2D eigenvalue weighted by Crippen LogP contribution is 2.32. The maximum absolute atomic E-state index is 12.8. The van der Waals surface area contributed by atoms with E-state index in [2.05, 4.69) is 34.7 Å². The molecular formula is C32H40F4N4O2. The van der Waals surface area contributed by atoms with Gasteiger partial charge in [0.2, 0.25) is 0 Å². The largest absolute Gasteiger partial charge is 0.480 e. The molecule has 0 radical (unpaired) electrons. The monoisotopic (exact) mass is 588 g/mol. The van der Waals surface area contributed by atoms with Gasteiger partial charge in [0, 0.05) is 37.7 Å². The fourth-order valence-electron chi connectivity index (χ4n) is 6.04. The van der Waals surface area contributed by atoms with E-state index in [0.29, 0.717) is 19.0 Å². The number of carboxylic acids is 1. The molecule has 0 spiro atoms. The highest BCUT2D eigenvalue weighted by molar-refractivity contribution is 5.73. The number of hydrogen-bond donors (Lipinski definition) is 1. The quantitative estimate of drug-likeness (QED) is 0.301. The Morgan fingerprint density at radius 1 is 1.00 bits per heavy atom. The molecule has 2 fully saturated rings. The van der Waals surface area contributed by atoms with Crippen molar-refractivity contribution in [2.75, 3.05) is 32.7 Å². The maximum atomic E-state index is 12.8. The molecule has 0 bridgehead atoms. The summed E-state index contributed by atoms with van der Waals surface area (Å²) in [4.78, 5) is 15.3. The fourth-order valence-corrected chi connectivity index (χ4v) is 6.04. The van der Waals surface area contributed by atoms with Crippen LogP contribution in [0, 0.1) is 11.7 Å². The van der Waals surface area contributed by atoms with E-state index in [9.17, 15) is 27.5 Å². The molecule has 6 nitrogen and oxygen atoms in total. The number of rotatable bonds is 9. The number of piperidine rings is 1. The lowest BCUT2D eigenvalue weighted by Gasteiger charge is -2.34. The molecule has 3 heterocycles. The molecule has 0 saturated carbocycles. The van der Waals surface area contributed by atoms with Crippen molar-refractivity contribution in [2.45, 2.75) is 63.7 Å². The Bertz CT molecular complexity index is 1240. The molecule has 1 aromatic heterocycles. The van der Waals surface area contributed by atoms with Gasteiger partial charge in [-0.2, -0.15) is 18.3 Å². The summed E-state index contributed by atoms with van der Waals surface area (Å²) < 4.78 is 52.5. The zero-order chi connectivity index (χ0) is 30.1. The van der Waals surface area contributed by atoms with Crippen LogP contribution in [0.3, 0.4) is 0 Å². The van der Waals surface area contributed by atoms with Crippen LogP contribution in [0.5, 0.6) is 0 Å². The molecular weight excluding hydrogens is 548 g/mol. The van der Waals surface area contributed by atoms with Gasteiger partial charge < -0.3 is 10.0 Å². The summed E-state index contributed by atoms with van der Waals surface area (Å²) in [6, 6.07) is 19.1. The third-order valence-corrected chi connectivity index (χ3v) is 8.11. The standard InChI is InChI=1S/C26H35F3N4O2.C6H5F/c1-2-33-23(15-22(30-33)14-19-6-4-3-5-7-19)21-9-11-31(12-10-21)17-20-8-13-32(18-20)24(25(34)35)16-26(27,28)29;7-6-4-2-1-3-5-6/h3-7,15,20-21,24H,2,8-14,16-18H2,1H3,(H,34,35);1-5H. The summed E-state index contributed by atoms with van der Waals surface area (Å²) in [6.07, 6.45) is -2.15. The summed E-state index contributed by atoms with van der Waals surface area (Å²) in [6.45, 7) is 6.47. The van der Waals surface area contributed by atoms with Crippen LogP contribution < -0.4 is 0 Å². The van der Waals surface area contributed by atoms with Crippen molar-refractivity contribution in [1.29, 1.82) is 0 Å². The van der Waals surface area contributed by atoms with Crippen molar-refractivity contribution in [3.05, 3.63) is 89.5 Å². The van der Waals surface area contributed by atoms with Crippen LogP contribution in [0.1, 0.15) is 55.5 Å². The number of aryl methyl sites for hydroxylation is 1. The maximum Gasteiger partial charge on any atom is 0.391 e. The minimum absolute atomic E-state index is 0.178. The molecule has 0 amide bonds. The normalized spacial score (nSPS) is 19.3.